The first-order valence-corrected chi connectivity index (χ1v) is 11.4. The van der Waals surface area contributed by atoms with Crippen LogP contribution in [0.4, 0.5) is 5.69 Å². The number of hydrogen-bond acceptors (Lipinski definition) is 7. The van der Waals surface area contributed by atoms with E-state index in [2.05, 4.69) is 11.5 Å². The minimum absolute atomic E-state index is 0.102. The Morgan fingerprint density at radius 1 is 1.20 bits per heavy atom. The normalized spacial score (nSPS) is 17.1. The number of Topliss-reactive ketones (excluding diaryl/α,β-unsaturated/α-hetero) is 1. The highest BCUT2D eigenvalue weighted by atomic mass is 16.6. The SMILES string of the molecule is C=CCOc1ccc(C(O)=C2C(=O)C(=O)N(CCN(CC)CC)C2c2cccc([N+](=O)[O-])c2)cc1. The number of nitro groups is 1. The smallest absolute Gasteiger partial charge is 0.295 e. The molecule has 2 aromatic carbocycles. The van der Waals surface area contributed by atoms with Crippen molar-refractivity contribution in [2.75, 3.05) is 32.8 Å². The number of rotatable bonds is 11. The van der Waals surface area contributed by atoms with E-state index in [1.54, 1.807) is 36.4 Å². The van der Waals surface area contributed by atoms with Gasteiger partial charge in [-0.15, -0.1) is 0 Å². The molecule has 9 heteroatoms. The number of ether oxygens (including phenoxy) is 1. The van der Waals surface area contributed by atoms with Gasteiger partial charge in [0, 0.05) is 30.8 Å². The summed E-state index contributed by atoms with van der Waals surface area (Å²) in [6.07, 6.45) is 1.60. The van der Waals surface area contributed by atoms with Crippen LogP contribution in [0, 0.1) is 10.1 Å². The lowest BCUT2D eigenvalue weighted by Crippen LogP contribution is -2.38. The number of non-ortho nitro benzene ring substituents is 1. The van der Waals surface area contributed by atoms with Crippen LogP contribution in [0.25, 0.3) is 5.76 Å². The summed E-state index contributed by atoms with van der Waals surface area (Å²) in [5.41, 5.74) is 0.439. The van der Waals surface area contributed by atoms with Crippen molar-refractivity contribution in [2.45, 2.75) is 19.9 Å². The molecule has 1 unspecified atom stereocenters. The van der Waals surface area contributed by atoms with Crippen molar-refractivity contribution < 1.29 is 24.4 Å². The van der Waals surface area contributed by atoms with E-state index in [9.17, 15) is 24.8 Å². The Morgan fingerprint density at radius 2 is 1.89 bits per heavy atom. The number of nitrogens with zero attached hydrogens (tertiary/aromatic N) is 3. The van der Waals surface area contributed by atoms with Gasteiger partial charge in [-0.2, -0.15) is 0 Å². The van der Waals surface area contributed by atoms with Crippen molar-refractivity contribution in [1.82, 2.24) is 9.80 Å². The number of carbonyl (C=O) groups is 2. The summed E-state index contributed by atoms with van der Waals surface area (Å²) in [5.74, 6) is -1.37. The number of ketones is 1. The highest BCUT2D eigenvalue weighted by molar-refractivity contribution is 6.46. The van der Waals surface area contributed by atoms with E-state index in [4.69, 9.17) is 4.74 Å². The first kappa shape index (κ1) is 25.6. The van der Waals surface area contributed by atoms with Crippen LogP contribution in [0.5, 0.6) is 5.75 Å². The molecule has 1 fully saturated rings. The zero-order chi connectivity index (χ0) is 25.5. The third kappa shape index (κ3) is 5.58. The Kier molecular flexibility index (Phi) is 8.38. The summed E-state index contributed by atoms with van der Waals surface area (Å²) in [4.78, 5) is 40.5. The first-order valence-electron chi connectivity index (χ1n) is 11.4. The summed E-state index contributed by atoms with van der Waals surface area (Å²) < 4.78 is 5.46. The first-order chi connectivity index (χ1) is 16.8. The lowest BCUT2D eigenvalue weighted by atomic mass is 9.95. The number of likely N-dealkylation sites (N-methyl/N-ethyl adjacent to an activating group) is 1. The van der Waals surface area contributed by atoms with Gasteiger partial charge in [-0.3, -0.25) is 19.7 Å². The van der Waals surface area contributed by atoms with Crippen LogP contribution >= 0.6 is 0 Å². The number of likely N-dealkylation sites (tertiary alicyclic amines) is 1. The average Bonchev–Trinajstić information content (AvgIpc) is 3.13. The van der Waals surface area contributed by atoms with Gasteiger partial charge >= 0.3 is 0 Å². The summed E-state index contributed by atoms with van der Waals surface area (Å²) in [6, 6.07) is 11.3. The maximum atomic E-state index is 13.1. The van der Waals surface area contributed by atoms with Gasteiger partial charge in [0.2, 0.25) is 0 Å². The van der Waals surface area contributed by atoms with E-state index in [1.807, 2.05) is 13.8 Å². The van der Waals surface area contributed by atoms with Crippen molar-refractivity contribution in [3.63, 3.8) is 0 Å². The monoisotopic (exact) mass is 479 g/mol. The minimum Gasteiger partial charge on any atom is -0.507 e. The molecule has 1 amide bonds. The maximum Gasteiger partial charge on any atom is 0.295 e. The second-order valence-corrected chi connectivity index (χ2v) is 8.00. The fourth-order valence-electron chi connectivity index (χ4n) is 4.07. The predicted molar refractivity (Wildman–Crippen MR) is 132 cm³/mol. The summed E-state index contributed by atoms with van der Waals surface area (Å²) in [6.45, 7) is 10.2. The molecule has 0 saturated carbocycles. The number of aliphatic hydroxyl groups is 1. The zero-order valence-corrected chi connectivity index (χ0v) is 19.8. The van der Waals surface area contributed by atoms with Gasteiger partial charge in [0.05, 0.1) is 16.5 Å². The molecule has 1 N–H and O–H groups in total. The van der Waals surface area contributed by atoms with Crippen molar-refractivity contribution in [2.24, 2.45) is 0 Å². The Hall–Kier alpha value is -3.98. The van der Waals surface area contributed by atoms with E-state index in [0.29, 0.717) is 30.0 Å². The van der Waals surface area contributed by atoms with Crippen LogP contribution in [-0.2, 0) is 9.59 Å². The number of aliphatic hydroxyl groups excluding tert-OH is 1. The topological polar surface area (TPSA) is 113 Å². The number of carbonyl (C=O) groups excluding carboxylic acids is 2. The van der Waals surface area contributed by atoms with Crippen molar-refractivity contribution >= 4 is 23.1 Å². The van der Waals surface area contributed by atoms with Crippen molar-refractivity contribution in [3.05, 3.63) is 88.0 Å². The van der Waals surface area contributed by atoms with E-state index in [-0.39, 0.29) is 23.6 Å². The fraction of sp³-hybridized carbons (Fsp3) is 0.308. The number of benzene rings is 2. The van der Waals surface area contributed by atoms with Gasteiger partial charge in [-0.05, 0) is 42.9 Å². The molecule has 2 aromatic rings. The second kappa shape index (κ2) is 11.4. The van der Waals surface area contributed by atoms with Gasteiger partial charge in [0.1, 0.15) is 18.1 Å². The highest BCUT2D eigenvalue weighted by Crippen LogP contribution is 2.40. The molecule has 1 atom stereocenters. The fourth-order valence-corrected chi connectivity index (χ4v) is 4.07. The predicted octanol–water partition coefficient (Wildman–Crippen LogP) is 3.92. The van der Waals surface area contributed by atoms with Gasteiger partial charge in [0.15, 0.2) is 0 Å². The molecule has 1 aliphatic rings. The number of amides is 1. The van der Waals surface area contributed by atoms with Crippen LogP contribution in [0.1, 0.15) is 31.0 Å². The van der Waals surface area contributed by atoms with E-state index < -0.39 is 22.7 Å². The Labute approximate surface area is 204 Å². The van der Waals surface area contributed by atoms with Gasteiger partial charge in [-0.1, -0.05) is 38.6 Å². The molecule has 1 saturated heterocycles. The molecule has 35 heavy (non-hydrogen) atoms. The standard InChI is InChI=1S/C26H29N3O6/c1-4-16-35-21-12-10-18(11-13-21)24(30)22-23(19-8-7-9-20(17-19)29(33)34)28(26(32)25(22)31)15-14-27(5-2)6-3/h4,7-13,17,23,30H,1,5-6,14-16H2,2-3H3. The van der Waals surface area contributed by atoms with Crippen LogP contribution in [0.15, 0.2) is 66.8 Å². The third-order valence-corrected chi connectivity index (χ3v) is 5.98. The van der Waals surface area contributed by atoms with Crippen molar-refractivity contribution in [1.29, 1.82) is 0 Å². The van der Waals surface area contributed by atoms with Gasteiger partial charge < -0.3 is 19.6 Å². The van der Waals surface area contributed by atoms with E-state index >= 15 is 0 Å². The molecule has 0 aromatic heterocycles. The summed E-state index contributed by atoms with van der Waals surface area (Å²) in [7, 11) is 0. The lowest BCUT2D eigenvalue weighted by Gasteiger charge is -2.28. The molecule has 9 nitrogen and oxygen atoms in total. The molecule has 0 spiro atoms. The van der Waals surface area contributed by atoms with Gasteiger partial charge in [-0.25, -0.2) is 0 Å². The highest BCUT2D eigenvalue weighted by Gasteiger charge is 2.46. The zero-order valence-electron chi connectivity index (χ0n) is 19.8. The second-order valence-electron chi connectivity index (χ2n) is 8.00. The molecule has 0 bridgehead atoms. The molecular formula is C26H29N3O6. The van der Waals surface area contributed by atoms with E-state index in [1.165, 1.54) is 23.1 Å². The molecule has 1 aliphatic heterocycles. The molecule has 0 aliphatic carbocycles. The minimum atomic E-state index is -0.956. The summed E-state index contributed by atoms with van der Waals surface area (Å²) in [5, 5.41) is 22.5. The quantitative estimate of drug-likeness (QED) is 0.130. The largest absolute Gasteiger partial charge is 0.507 e. The molecular weight excluding hydrogens is 450 g/mol. The molecule has 1 heterocycles. The number of nitro benzene ring substituents is 1. The Balaban J connectivity index is 2.09. The average molecular weight is 480 g/mol. The molecule has 184 valence electrons. The van der Waals surface area contributed by atoms with Crippen molar-refractivity contribution in [3.8, 4) is 5.75 Å². The van der Waals surface area contributed by atoms with Crippen LogP contribution in [0.2, 0.25) is 0 Å². The van der Waals surface area contributed by atoms with Crippen LogP contribution in [-0.4, -0.2) is 64.3 Å². The number of hydrogen-bond donors (Lipinski definition) is 1. The van der Waals surface area contributed by atoms with E-state index in [0.717, 1.165) is 13.1 Å². The Morgan fingerprint density at radius 3 is 2.49 bits per heavy atom. The molecule has 3 rings (SSSR count). The lowest BCUT2D eigenvalue weighted by molar-refractivity contribution is -0.384. The maximum absolute atomic E-state index is 13.1. The third-order valence-electron chi connectivity index (χ3n) is 5.98. The molecule has 0 radical (unpaired) electrons. The van der Waals surface area contributed by atoms with Crippen LogP contribution in [0.3, 0.4) is 0 Å². The summed E-state index contributed by atoms with van der Waals surface area (Å²) >= 11 is 0. The van der Waals surface area contributed by atoms with Crippen LogP contribution < -0.4 is 4.74 Å². The van der Waals surface area contributed by atoms with Gasteiger partial charge in [0.25, 0.3) is 17.4 Å². The Bertz CT molecular complexity index is 1140.